The lowest BCUT2D eigenvalue weighted by molar-refractivity contribution is -0.128. The maximum Gasteiger partial charge on any atom is 0.322 e. The molecule has 0 bridgehead atoms. The maximum atomic E-state index is 13.1. The zero-order chi connectivity index (χ0) is 25.5. The molecule has 2 atom stereocenters. The van der Waals surface area contributed by atoms with Crippen LogP contribution in [0, 0.1) is 5.41 Å². The van der Waals surface area contributed by atoms with Gasteiger partial charge in [0.05, 0.1) is 35.3 Å². The van der Waals surface area contributed by atoms with Crippen molar-refractivity contribution in [2.45, 2.75) is 46.4 Å². The summed E-state index contributed by atoms with van der Waals surface area (Å²) in [6, 6.07) is 11.4. The number of carbonyl (C=O) groups excluding carboxylic acids is 2. The van der Waals surface area contributed by atoms with Crippen LogP contribution in [0.4, 0.5) is 10.5 Å². The van der Waals surface area contributed by atoms with Gasteiger partial charge in [-0.15, -0.1) is 0 Å². The van der Waals surface area contributed by atoms with Crippen LogP contribution in [0.25, 0.3) is 0 Å². The van der Waals surface area contributed by atoms with Crippen LogP contribution in [-0.4, -0.2) is 48.2 Å². The van der Waals surface area contributed by atoms with Crippen LogP contribution in [-0.2, 0) is 16.1 Å². The van der Waals surface area contributed by atoms with Crippen molar-refractivity contribution in [1.29, 1.82) is 0 Å². The number of nitrogens with zero attached hydrogens (tertiary/aromatic N) is 1. The highest BCUT2D eigenvalue weighted by atomic mass is 35.5. The molecule has 0 aliphatic carbocycles. The third-order valence-corrected chi connectivity index (χ3v) is 5.98. The van der Waals surface area contributed by atoms with E-state index in [1.807, 2.05) is 39.8 Å². The van der Waals surface area contributed by atoms with E-state index in [1.54, 1.807) is 37.4 Å². The Balaban J connectivity index is 2.07. The van der Waals surface area contributed by atoms with Crippen molar-refractivity contribution in [2.75, 3.05) is 25.6 Å². The lowest BCUT2D eigenvalue weighted by Crippen LogP contribution is -2.45. The monoisotopic (exact) mass is 509 g/mol. The molecule has 186 valence electrons. The molecule has 0 fully saturated rings. The van der Waals surface area contributed by atoms with Crippen molar-refractivity contribution in [3.63, 3.8) is 0 Å². The van der Waals surface area contributed by atoms with E-state index in [1.165, 1.54) is 4.90 Å². The van der Waals surface area contributed by atoms with Crippen LogP contribution in [0.1, 0.15) is 44.9 Å². The number of nitrogens with one attached hydrogen (secondary N) is 2. The van der Waals surface area contributed by atoms with Gasteiger partial charge in [0.1, 0.15) is 0 Å². The van der Waals surface area contributed by atoms with Crippen molar-refractivity contribution in [3.8, 4) is 0 Å². The fourth-order valence-electron chi connectivity index (χ4n) is 3.15. The predicted molar refractivity (Wildman–Crippen MR) is 136 cm³/mol. The Morgan fingerprint density at radius 3 is 2.29 bits per heavy atom. The summed E-state index contributed by atoms with van der Waals surface area (Å²) in [5.41, 5.74) is 1.60. The van der Waals surface area contributed by atoms with E-state index in [0.717, 1.165) is 5.56 Å². The molecular formula is C25H33Cl2N3O4. The van der Waals surface area contributed by atoms with Gasteiger partial charge in [0, 0.05) is 24.8 Å². The van der Waals surface area contributed by atoms with E-state index in [9.17, 15) is 14.7 Å². The smallest absolute Gasteiger partial charge is 0.322 e. The molecule has 0 heterocycles. The number of hydrogen-bond donors (Lipinski definition) is 3. The zero-order valence-corrected chi connectivity index (χ0v) is 21.7. The Morgan fingerprint density at radius 2 is 1.74 bits per heavy atom. The molecule has 2 aromatic rings. The second kappa shape index (κ2) is 12.4. The van der Waals surface area contributed by atoms with Gasteiger partial charge in [0.15, 0.2) is 0 Å². The average molecular weight is 510 g/mol. The average Bonchev–Trinajstić information content (AvgIpc) is 2.77. The lowest BCUT2D eigenvalue weighted by atomic mass is 9.95. The summed E-state index contributed by atoms with van der Waals surface area (Å²) in [5, 5.41) is 17.2. The standard InChI is InChI=1S/C25H33Cl2N3O4/c1-16(15-34-5)30(14-22(31)18-8-11-20(26)21(27)12-18)24(33)29-19-9-6-17(7-10-19)13-28-23(32)25(2,3)4/h6-12,16,22,31H,13-15H2,1-5H3,(H,28,32)(H,29,33)/t16?,22-/m1/s1. The number of urea groups is 1. The van der Waals surface area contributed by atoms with Crippen molar-refractivity contribution in [3.05, 3.63) is 63.6 Å². The van der Waals surface area contributed by atoms with Crippen LogP contribution in [0.2, 0.25) is 10.0 Å². The first-order chi connectivity index (χ1) is 15.9. The van der Waals surface area contributed by atoms with Crippen LogP contribution in [0.5, 0.6) is 0 Å². The third-order valence-electron chi connectivity index (χ3n) is 5.24. The van der Waals surface area contributed by atoms with E-state index in [0.29, 0.717) is 34.4 Å². The SMILES string of the molecule is COCC(C)N(C[C@@H](O)c1ccc(Cl)c(Cl)c1)C(=O)Nc1ccc(CNC(=O)C(C)(C)C)cc1. The summed E-state index contributed by atoms with van der Waals surface area (Å²) < 4.78 is 5.22. The van der Waals surface area contributed by atoms with Gasteiger partial charge in [-0.05, 0) is 42.3 Å². The number of aliphatic hydroxyl groups excluding tert-OH is 1. The van der Waals surface area contributed by atoms with E-state index >= 15 is 0 Å². The van der Waals surface area contributed by atoms with Crippen molar-refractivity contribution >= 4 is 40.8 Å². The topological polar surface area (TPSA) is 90.9 Å². The molecule has 0 saturated carbocycles. The number of benzene rings is 2. The number of methoxy groups -OCH3 is 1. The van der Waals surface area contributed by atoms with E-state index in [4.69, 9.17) is 27.9 Å². The van der Waals surface area contributed by atoms with Gasteiger partial charge in [0.2, 0.25) is 5.91 Å². The Kier molecular flexibility index (Phi) is 10.2. The van der Waals surface area contributed by atoms with Gasteiger partial charge in [-0.2, -0.15) is 0 Å². The molecular weight excluding hydrogens is 477 g/mol. The van der Waals surface area contributed by atoms with Crippen LogP contribution in [0.15, 0.2) is 42.5 Å². The second-order valence-electron chi connectivity index (χ2n) is 9.21. The first-order valence-electron chi connectivity index (χ1n) is 11.0. The normalized spacial score (nSPS) is 13.2. The molecule has 0 radical (unpaired) electrons. The number of carbonyl (C=O) groups is 2. The number of aliphatic hydroxyl groups is 1. The molecule has 2 rings (SSSR count). The van der Waals surface area contributed by atoms with E-state index in [2.05, 4.69) is 10.6 Å². The minimum absolute atomic E-state index is 0.0330. The van der Waals surface area contributed by atoms with Gasteiger partial charge in [-0.1, -0.05) is 62.2 Å². The number of anilines is 1. The quantitative estimate of drug-likeness (QED) is 0.430. The third kappa shape index (κ3) is 8.17. The molecule has 3 amide bonds. The molecule has 0 spiro atoms. The summed E-state index contributed by atoms with van der Waals surface area (Å²) in [6.45, 7) is 8.14. The Hall–Kier alpha value is -2.32. The Morgan fingerprint density at radius 1 is 1.09 bits per heavy atom. The first-order valence-corrected chi connectivity index (χ1v) is 11.7. The second-order valence-corrected chi connectivity index (χ2v) is 10.0. The number of ether oxygens (including phenoxy) is 1. The molecule has 1 unspecified atom stereocenters. The molecule has 0 aliphatic heterocycles. The number of amides is 3. The van der Waals surface area contributed by atoms with E-state index in [-0.39, 0.29) is 24.5 Å². The number of halogens is 2. The molecule has 34 heavy (non-hydrogen) atoms. The predicted octanol–water partition coefficient (Wildman–Crippen LogP) is 5.26. The van der Waals surface area contributed by atoms with Crippen LogP contribution in [0.3, 0.4) is 0 Å². The van der Waals surface area contributed by atoms with Gasteiger partial charge in [-0.3, -0.25) is 4.79 Å². The molecule has 7 nitrogen and oxygen atoms in total. The van der Waals surface area contributed by atoms with Gasteiger partial charge in [0.25, 0.3) is 0 Å². The highest BCUT2D eigenvalue weighted by molar-refractivity contribution is 6.42. The van der Waals surface area contributed by atoms with Gasteiger partial charge >= 0.3 is 6.03 Å². The molecule has 2 aromatic carbocycles. The fraction of sp³-hybridized carbons (Fsp3) is 0.440. The summed E-state index contributed by atoms with van der Waals surface area (Å²) in [4.78, 5) is 26.6. The number of rotatable bonds is 9. The van der Waals surface area contributed by atoms with Crippen molar-refractivity contribution in [1.82, 2.24) is 10.2 Å². The molecule has 3 N–H and O–H groups in total. The molecule has 9 heteroatoms. The molecule has 0 aliphatic rings. The zero-order valence-electron chi connectivity index (χ0n) is 20.2. The van der Waals surface area contributed by atoms with Gasteiger partial charge < -0.3 is 25.4 Å². The van der Waals surface area contributed by atoms with Crippen LogP contribution >= 0.6 is 23.2 Å². The van der Waals surface area contributed by atoms with Crippen molar-refractivity contribution in [2.24, 2.45) is 5.41 Å². The van der Waals surface area contributed by atoms with E-state index < -0.39 is 11.5 Å². The number of hydrogen-bond acceptors (Lipinski definition) is 4. The Labute approximate surface area is 211 Å². The highest BCUT2D eigenvalue weighted by Gasteiger charge is 2.24. The maximum absolute atomic E-state index is 13.1. The Bertz CT molecular complexity index is 977. The van der Waals surface area contributed by atoms with Gasteiger partial charge in [-0.25, -0.2) is 4.79 Å². The largest absolute Gasteiger partial charge is 0.387 e. The minimum Gasteiger partial charge on any atom is -0.387 e. The minimum atomic E-state index is -0.964. The molecule has 0 saturated heterocycles. The summed E-state index contributed by atoms with van der Waals surface area (Å²) in [7, 11) is 1.55. The lowest BCUT2D eigenvalue weighted by Gasteiger charge is -2.31. The first kappa shape index (κ1) is 27.9. The fourth-order valence-corrected chi connectivity index (χ4v) is 3.46. The summed E-state index contributed by atoms with van der Waals surface area (Å²) in [5.74, 6) is -0.0341. The summed E-state index contributed by atoms with van der Waals surface area (Å²) >= 11 is 12.0. The van der Waals surface area contributed by atoms with Crippen LogP contribution < -0.4 is 10.6 Å². The molecule has 0 aromatic heterocycles. The highest BCUT2D eigenvalue weighted by Crippen LogP contribution is 2.26. The summed E-state index contributed by atoms with van der Waals surface area (Å²) in [6.07, 6.45) is -0.964. The van der Waals surface area contributed by atoms with Crippen molar-refractivity contribution < 1.29 is 19.4 Å².